The summed E-state index contributed by atoms with van der Waals surface area (Å²) in [7, 11) is -2.41. The lowest BCUT2D eigenvalue weighted by Crippen LogP contribution is -1.85. The van der Waals surface area contributed by atoms with Gasteiger partial charge in [-0.25, -0.2) is 8.42 Å². The smallest absolute Gasteiger partial charge is 0.299 e. The maximum Gasteiger partial charge on any atom is 0.299 e. The number of rotatable bonds is 4. The molecule has 0 amide bonds. The van der Waals surface area contributed by atoms with E-state index in [1.165, 1.54) is 17.4 Å². The van der Waals surface area contributed by atoms with Crippen LogP contribution in [0.2, 0.25) is 0 Å². The van der Waals surface area contributed by atoms with E-state index in [1.807, 2.05) is 0 Å². The van der Waals surface area contributed by atoms with E-state index in [0.29, 0.717) is 17.1 Å². The fraction of sp³-hybridized carbons (Fsp3) is 0.167. The van der Waals surface area contributed by atoms with Crippen molar-refractivity contribution in [3.63, 3.8) is 0 Å². The third-order valence-corrected chi connectivity index (χ3v) is 2.60. The summed E-state index contributed by atoms with van der Waals surface area (Å²) < 4.78 is 25.0. The fourth-order valence-corrected chi connectivity index (χ4v) is 2.03. The van der Waals surface area contributed by atoms with Gasteiger partial charge in [-0.2, -0.15) is 0 Å². The SMILES string of the molecule is O=COc1cc(C[SH](=O)=O)cs1. The van der Waals surface area contributed by atoms with Crippen LogP contribution >= 0.6 is 11.3 Å². The Morgan fingerprint density at radius 3 is 2.92 bits per heavy atom. The minimum Gasteiger partial charge on any atom is -0.418 e. The summed E-state index contributed by atoms with van der Waals surface area (Å²) in [5, 5.41) is 2.06. The number of thiophene rings is 1. The molecule has 0 aromatic carbocycles. The molecule has 1 rings (SSSR count). The molecule has 1 heterocycles. The monoisotopic (exact) mass is 206 g/mol. The molecule has 1 aromatic heterocycles. The van der Waals surface area contributed by atoms with Crippen LogP contribution in [0.4, 0.5) is 0 Å². The number of carbonyl (C=O) groups is 1. The van der Waals surface area contributed by atoms with Gasteiger partial charge in [0.05, 0.1) is 5.75 Å². The predicted molar refractivity (Wildman–Crippen MR) is 45.0 cm³/mol. The zero-order chi connectivity index (χ0) is 8.97. The second kappa shape index (κ2) is 4.22. The summed E-state index contributed by atoms with van der Waals surface area (Å²) in [5.74, 6) is -0.00590. The molecule has 0 aliphatic heterocycles. The zero-order valence-corrected chi connectivity index (χ0v) is 7.64. The lowest BCUT2D eigenvalue weighted by molar-refractivity contribution is -0.120. The third kappa shape index (κ3) is 2.63. The van der Waals surface area contributed by atoms with Crippen LogP contribution in [-0.4, -0.2) is 14.9 Å². The molecule has 0 radical (unpaired) electrons. The summed E-state index contributed by atoms with van der Waals surface area (Å²) in [4.78, 5) is 9.87. The van der Waals surface area contributed by atoms with Gasteiger partial charge in [0.2, 0.25) is 0 Å². The second-order valence-corrected chi connectivity index (χ2v) is 3.83. The van der Waals surface area contributed by atoms with Crippen LogP contribution < -0.4 is 4.74 Å². The Bertz CT molecular complexity index is 331. The van der Waals surface area contributed by atoms with Crippen LogP contribution in [0.25, 0.3) is 0 Å². The van der Waals surface area contributed by atoms with E-state index in [0.717, 1.165) is 0 Å². The van der Waals surface area contributed by atoms with Gasteiger partial charge in [0.1, 0.15) is 10.7 Å². The lowest BCUT2D eigenvalue weighted by Gasteiger charge is -1.86. The van der Waals surface area contributed by atoms with Gasteiger partial charge in [-0.15, -0.1) is 11.3 Å². The molecule has 0 atom stereocenters. The van der Waals surface area contributed by atoms with Gasteiger partial charge in [0.25, 0.3) is 6.47 Å². The molecule has 12 heavy (non-hydrogen) atoms. The van der Waals surface area contributed by atoms with E-state index in [1.54, 1.807) is 5.38 Å². The second-order valence-electron chi connectivity index (χ2n) is 1.98. The first-order chi connectivity index (χ1) is 5.72. The first-order valence-electron chi connectivity index (χ1n) is 3.02. The largest absolute Gasteiger partial charge is 0.418 e. The van der Waals surface area contributed by atoms with Crippen molar-refractivity contribution in [2.45, 2.75) is 5.75 Å². The number of thiol groups is 1. The van der Waals surface area contributed by atoms with Crippen molar-refractivity contribution in [1.82, 2.24) is 0 Å². The van der Waals surface area contributed by atoms with E-state index in [2.05, 4.69) is 4.74 Å². The molecule has 0 bridgehead atoms. The van der Waals surface area contributed by atoms with Gasteiger partial charge >= 0.3 is 0 Å². The Kier molecular flexibility index (Phi) is 3.24. The molecular weight excluding hydrogens is 200 g/mol. The minimum atomic E-state index is -2.41. The Morgan fingerprint density at radius 2 is 2.33 bits per heavy atom. The van der Waals surface area contributed by atoms with Crippen molar-refractivity contribution in [2.24, 2.45) is 0 Å². The van der Waals surface area contributed by atoms with Gasteiger partial charge in [-0.05, 0) is 17.0 Å². The molecule has 0 aliphatic carbocycles. The molecule has 66 valence electrons. The fourth-order valence-electron chi connectivity index (χ4n) is 0.694. The number of ether oxygens (including phenoxy) is 1. The average molecular weight is 206 g/mol. The Balaban J connectivity index is 2.69. The van der Waals surface area contributed by atoms with Crippen molar-refractivity contribution in [3.05, 3.63) is 17.0 Å². The van der Waals surface area contributed by atoms with Crippen molar-refractivity contribution in [1.29, 1.82) is 0 Å². The van der Waals surface area contributed by atoms with Gasteiger partial charge in [0, 0.05) is 0 Å². The topological polar surface area (TPSA) is 60.4 Å². The zero-order valence-electron chi connectivity index (χ0n) is 5.93. The van der Waals surface area contributed by atoms with Crippen molar-refractivity contribution < 1.29 is 17.9 Å². The summed E-state index contributed by atoms with van der Waals surface area (Å²) in [6.07, 6.45) is 0. The first kappa shape index (κ1) is 9.21. The van der Waals surface area contributed by atoms with Crippen molar-refractivity contribution in [3.8, 4) is 5.06 Å². The third-order valence-electron chi connectivity index (χ3n) is 1.11. The quantitative estimate of drug-likeness (QED) is 0.572. The normalized spacial score (nSPS) is 10.1. The Morgan fingerprint density at radius 1 is 1.58 bits per heavy atom. The van der Waals surface area contributed by atoms with Gasteiger partial charge in [0.15, 0.2) is 5.06 Å². The average Bonchev–Trinajstić information content (AvgIpc) is 2.36. The molecular formula is C6H6O4S2. The highest BCUT2D eigenvalue weighted by Gasteiger charge is 2.00. The Hall–Kier alpha value is -0.880. The van der Waals surface area contributed by atoms with Crippen LogP contribution in [0, 0.1) is 0 Å². The summed E-state index contributed by atoms with van der Waals surface area (Å²) in [6.45, 7) is 0.312. The van der Waals surface area contributed by atoms with E-state index < -0.39 is 10.7 Å². The molecule has 6 heteroatoms. The number of hydrogen-bond acceptors (Lipinski definition) is 5. The summed E-state index contributed by atoms with van der Waals surface area (Å²) in [5.41, 5.74) is 0.646. The van der Waals surface area contributed by atoms with Crippen molar-refractivity contribution in [2.75, 3.05) is 0 Å². The highest BCUT2D eigenvalue weighted by molar-refractivity contribution is 7.71. The molecule has 0 saturated heterocycles. The molecule has 0 N–H and O–H groups in total. The standard InChI is InChI=1S/C6H6O4S2/c7-4-10-6-1-5(2-11-6)3-12(8)9/h1-2,4,12H,3H2. The Labute approximate surface area is 74.7 Å². The highest BCUT2D eigenvalue weighted by atomic mass is 32.2. The highest BCUT2D eigenvalue weighted by Crippen LogP contribution is 2.22. The van der Waals surface area contributed by atoms with E-state index >= 15 is 0 Å². The molecule has 0 unspecified atom stereocenters. The summed E-state index contributed by atoms with van der Waals surface area (Å²) >= 11 is 1.20. The molecule has 0 aliphatic rings. The van der Waals surface area contributed by atoms with E-state index in [4.69, 9.17) is 0 Å². The lowest BCUT2D eigenvalue weighted by atomic mass is 10.4. The van der Waals surface area contributed by atoms with Crippen molar-refractivity contribution >= 4 is 28.5 Å². The van der Waals surface area contributed by atoms with Gasteiger partial charge in [-0.1, -0.05) is 0 Å². The molecule has 4 nitrogen and oxygen atoms in total. The number of carbonyl (C=O) groups excluding carboxylic acids is 1. The molecule has 0 saturated carbocycles. The van der Waals surface area contributed by atoms with Crippen LogP contribution in [0.1, 0.15) is 5.56 Å². The number of hydrogen-bond donors (Lipinski definition) is 1. The van der Waals surface area contributed by atoms with Gasteiger partial charge in [-0.3, -0.25) is 4.79 Å². The van der Waals surface area contributed by atoms with Gasteiger partial charge < -0.3 is 4.74 Å². The maximum absolute atomic E-state index is 10.3. The van der Waals surface area contributed by atoms with E-state index in [-0.39, 0.29) is 5.75 Å². The molecule has 0 fully saturated rings. The van der Waals surface area contributed by atoms with Crippen LogP contribution in [0.5, 0.6) is 5.06 Å². The summed E-state index contributed by atoms with van der Waals surface area (Å²) in [6, 6.07) is 1.53. The predicted octanol–water partition coefficient (Wildman–Crippen LogP) is 0.395. The van der Waals surface area contributed by atoms with Crippen LogP contribution in [0.15, 0.2) is 11.4 Å². The molecule has 0 spiro atoms. The van der Waals surface area contributed by atoms with E-state index in [9.17, 15) is 13.2 Å². The first-order valence-corrected chi connectivity index (χ1v) is 5.26. The van der Waals surface area contributed by atoms with Crippen LogP contribution in [0.3, 0.4) is 0 Å². The van der Waals surface area contributed by atoms with Crippen LogP contribution in [-0.2, 0) is 21.3 Å². The molecule has 1 aromatic rings. The maximum atomic E-state index is 10.3. The minimum absolute atomic E-state index is 0.00590.